The molecule has 0 unspecified atom stereocenters. The summed E-state index contributed by atoms with van der Waals surface area (Å²) in [6.45, 7) is 3.01. The van der Waals surface area contributed by atoms with Crippen molar-refractivity contribution in [1.82, 2.24) is 14.8 Å². The molecular weight excluding hydrogens is 316 g/mol. The number of aromatic nitrogens is 3. The van der Waals surface area contributed by atoms with Gasteiger partial charge in [-0.2, -0.15) is 0 Å². The Hall–Kier alpha value is -1.05. The highest BCUT2D eigenvalue weighted by Crippen LogP contribution is 2.32. The Bertz CT molecular complexity index is 607. The Kier molecular flexibility index (Phi) is 4.26. The fraction of sp³-hybridized carbons (Fsp3) is 0.273. The Morgan fingerprint density at radius 3 is 2.94 bits per heavy atom. The lowest BCUT2D eigenvalue weighted by atomic mass is 10.2. The second-order valence-corrected chi connectivity index (χ2v) is 5.49. The maximum absolute atomic E-state index is 11.4. The van der Waals surface area contributed by atoms with Crippen LogP contribution < -0.4 is 11.4 Å². The zero-order chi connectivity index (χ0) is 13.1. The van der Waals surface area contributed by atoms with Crippen LogP contribution >= 0.6 is 27.7 Å². The maximum atomic E-state index is 11.4. The molecule has 0 atom stereocenters. The van der Waals surface area contributed by atoms with Gasteiger partial charge in [0.2, 0.25) is 0 Å². The number of hydrogen-bond acceptors (Lipinski definition) is 4. The van der Waals surface area contributed by atoms with Crippen LogP contribution in [-0.4, -0.2) is 14.8 Å². The third-order valence-electron chi connectivity index (χ3n) is 2.47. The molecule has 0 aliphatic carbocycles. The molecule has 1 heterocycles. The van der Waals surface area contributed by atoms with Crippen molar-refractivity contribution in [3.8, 4) is 0 Å². The van der Waals surface area contributed by atoms with E-state index in [-0.39, 0.29) is 5.69 Å². The fourth-order valence-electron chi connectivity index (χ4n) is 1.51. The minimum atomic E-state index is -0.185. The summed E-state index contributed by atoms with van der Waals surface area (Å²) in [7, 11) is 0. The molecule has 0 radical (unpaired) electrons. The predicted octanol–water partition coefficient (Wildman–Crippen LogP) is 1.96. The average Bonchev–Trinajstić information content (AvgIpc) is 2.72. The van der Waals surface area contributed by atoms with Crippen LogP contribution in [-0.2, 0) is 13.1 Å². The van der Waals surface area contributed by atoms with Crippen molar-refractivity contribution >= 4 is 27.7 Å². The monoisotopic (exact) mass is 328 g/mol. The van der Waals surface area contributed by atoms with Crippen LogP contribution in [0.5, 0.6) is 0 Å². The summed E-state index contributed by atoms with van der Waals surface area (Å²) in [6, 6.07) is 5.91. The lowest BCUT2D eigenvalue weighted by Crippen LogP contribution is -2.16. The van der Waals surface area contributed by atoms with Gasteiger partial charge in [0.25, 0.3) is 0 Å². The number of aromatic amines is 1. The molecule has 2 aromatic rings. The molecule has 96 valence electrons. The first-order valence-electron chi connectivity index (χ1n) is 5.47. The number of halogens is 1. The number of nitrogens with one attached hydrogen (secondary N) is 1. The molecule has 3 N–H and O–H groups in total. The van der Waals surface area contributed by atoms with E-state index < -0.39 is 0 Å². The van der Waals surface area contributed by atoms with Crippen molar-refractivity contribution in [3.63, 3.8) is 0 Å². The van der Waals surface area contributed by atoms with Crippen LogP contribution in [0.1, 0.15) is 12.5 Å². The molecule has 0 amide bonds. The molecule has 2 rings (SSSR count). The molecule has 18 heavy (non-hydrogen) atoms. The van der Waals surface area contributed by atoms with E-state index in [9.17, 15) is 4.79 Å². The molecule has 0 aliphatic rings. The van der Waals surface area contributed by atoms with E-state index in [1.807, 2.05) is 25.1 Å². The van der Waals surface area contributed by atoms with Gasteiger partial charge in [0.15, 0.2) is 5.16 Å². The number of nitrogens with two attached hydrogens (primary N) is 1. The first kappa shape index (κ1) is 13.4. The van der Waals surface area contributed by atoms with E-state index in [4.69, 9.17) is 5.73 Å². The van der Waals surface area contributed by atoms with E-state index in [2.05, 4.69) is 26.1 Å². The number of benzene rings is 1. The highest BCUT2D eigenvalue weighted by Gasteiger charge is 2.10. The summed E-state index contributed by atoms with van der Waals surface area (Å²) in [4.78, 5) is 12.5. The molecule has 5 nitrogen and oxygen atoms in total. The molecule has 7 heteroatoms. The fourth-order valence-corrected chi connectivity index (χ4v) is 3.08. The van der Waals surface area contributed by atoms with Crippen molar-refractivity contribution in [3.05, 3.63) is 38.7 Å². The van der Waals surface area contributed by atoms with E-state index in [1.165, 1.54) is 11.8 Å². The minimum Gasteiger partial charge on any atom is -0.326 e. The van der Waals surface area contributed by atoms with Crippen LogP contribution in [0.3, 0.4) is 0 Å². The zero-order valence-electron chi connectivity index (χ0n) is 9.81. The van der Waals surface area contributed by atoms with Crippen LogP contribution in [0.15, 0.2) is 37.5 Å². The Morgan fingerprint density at radius 1 is 1.56 bits per heavy atom. The van der Waals surface area contributed by atoms with Crippen molar-refractivity contribution in [2.24, 2.45) is 5.73 Å². The predicted molar refractivity (Wildman–Crippen MR) is 74.7 cm³/mol. The molecule has 1 aromatic carbocycles. The Morgan fingerprint density at radius 2 is 2.33 bits per heavy atom. The normalized spacial score (nSPS) is 10.8. The van der Waals surface area contributed by atoms with Gasteiger partial charge in [0.1, 0.15) is 0 Å². The SMILES string of the molecule is CCn1c(Sc2ccc(CN)cc2Br)n[nH]c1=O. The largest absolute Gasteiger partial charge is 0.343 e. The first-order valence-corrected chi connectivity index (χ1v) is 7.08. The second-order valence-electron chi connectivity index (χ2n) is 3.63. The summed E-state index contributed by atoms with van der Waals surface area (Å²) in [5.74, 6) is 0. The van der Waals surface area contributed by atoms with Gasteiger partial charge in [-0.05, 0) is 52.3 Å². The standard InChI is InChI=1S/C11H13BrN4OS/c1-2-16-10(17)14-15-11(16)18-9-4-3-7(6-13)5-8(9)12/h3-5H,2,6,13H2,1H3,(H,14,17). The lowest BCUT2D eigenvalue weighted by molar-refractivity contribution is 0.660. The first-order chi connectivity index (χ1) is 8.65. The summed E-state index contributed by atoms with van der Waals surface area (Å²) < 4.78 is 2.54. The van der Waals surface area contributed by atoms with Crippen molar-refractivity contribution in [1.29, 1.82) is 0 Å². The van der Waals surface area contributed by atoms with Crippen molar-refractivity contribution in [2.45, 2.75) is 30.1 Å². The van der Waals surface area contributed by atoms with Gasteiger partial charge in [0, 0.05) is 22.5 Å². The van der Waals surface area contributed by atoms with Gasteiger partial charge >= 0.3 is 5.69 Å². The number of rotatable bonds is 4. The van der Waals surface area contributed by atoms with Crippen molar-refractivity contribution < 1.29 is 0 Å². The second kappa shape index (κ2) is 5.73. The van der Waals surface area contributed by atoms with Crippen LogP contribution in [0.25, 0.3) is 0 Å². The summed E-state index contributed by atoms with van der Waals surface area (Å²) in [5.41, 5.74) is 6.45. The zero-order valence-corrected chi connectivity index (χ0v) is 12.2. The molecule has 0 spiro atoms. The Labute approximate surface area is 117 Å². The van der Waals surface area contributed by atoms with Gasteiger partial charge in [-0.1, -0.05) is 6.07 Å². The average molecular weight is 329 g/mol. The molecule has 0 bridgehead atoms. The van der Waals surface area contributed by atoms with E-state index in [0.717, 1.165) is 14.9 Å². The van der Waals surface area contributed by atoms with E-state index in [1.54, 1.807) is 4.57 Å². The van der Waals surface area contributed by atoms with Crippen LogP contribution in [0.2, 0.25) is 0 Å². The topological polar surface area (TPSA) is 76.7 Å². The lowest BCUT2D eigenvalue weighted by Gasteiger charge is -2.06. The molecule has 0 fully saturated rings. The molecular formula is C11H13BrN4OS. The Balaban J connectivity index is 2.31. The van der Waals surface area contributed by atoms with Gasteiger partial charge in [0.05, 0.1) is 0 Å². The summed E-state index contributed by atoms with van der Waals surface area (Å²) in [6.07, 6.45) is 0. The molecule has 1 aromatic heterocycles. The number of hydrogen-bond donors (Lipinski definition) is 2. The molecule has 0 aliphatic heterocycles. The molecule has 0 saturated carbocycles. The van der Waals surface area contributed by atoms with Gasteiger partial charge in [-0.3, -0.25) is 4.57 Å². The van der Waals surface area contributed by atoms with Crippen LogP contribution in [0, 0.1) is 0 Å². The van der Waals surface area contributed by atoms with Gasteiger partial charge < -0.3 is 5.73 Å². The maximum Gasteiger partial charge on any atom is 0.343 e. The number of H-pyrrole nitrogens is 1. The van der Waals surface area contributed by atoms with Gasteiger partial charge in [-0.15, -0.1) is 5.10 Å². The van der Waals surface area contributed by atoms with Crippen molar-refractivity contribution in [2.75, 3.05) is 0 Å². The highest BCUT2D eigenvalue weighted by atomic mass is 79.9. The molecule has 0 saturated heterocycles. The minimum absolute atomic E-state index is 0.185. The third-order valence-corrected chi connectivity index (χ3v) is 4.46. The summed E-state index contributed by atoms with van der Waals surface area (Å²) in [5, 5.41) is 7.12. The highest BCUT2D eigenvalue weighted by molar-refractivity contribution is 9.10. The summed E-state index contributed by atoms with van der Waals surface area (Å²) >= 11 is 4.94. The quantitative estimate of drug-likeness (QED) is 0.899. The smallest absolute Gasteiger partial charge is 0.326 e. The third kappa shape index (κ3) is 2.68. The van der Waals surface area contributed by atoms with E-state index >= 15 is 0 Å². The van der Waals surface area contributed by atoms with Gasteiger partial charge in [-0.25, -0.2) is 9.89 Å². The van der Waals surface area contributed by atoms with Crippen LogP contribution in [0.4, 0.5) is 0 Å². The number of nitrogens with zero attached hydrogens (tertiary/aromatic N) is 2. The van der Waals surface area contributed by atoms with E-state index in [0.29, 0.717) is 18.2 Å².